The summed E-state index contributed by atoms with van der Waals surface area (Å²) in [5, 5.41) is 0. The van der Waals surface area contributed by atoms with Gasteiger partial charge in [-0.3, -0.25) is 4.90 Å². The van der Waals surface area contributed by atoms with Gasteiger partial charge in [-0.15, -0.1) is 0 Å². The van der Waals surface area contributed by atoms with Crippen LogP contribution in [0.2, 0.25) is 0 Å². The molecular weight excluding hydrogens is 264 g/mol. The maximum absolute atomic E-state index is 6.06. The standard InChI is InChI=1S/C17H30N2O2/c1-5-15-6-8-16(9-7-15)17(12-18)19(10-11-20-3)14(2)13-21-4/h6-9,14,17H,5,10-13,18H2,1-4H3. The first-order chi connectivity index (χ1) is 10.2. The lowest BCUT2D eigenvalue weighted by Crippen LogP contribution is -2.43. The van der Waals surface area contributed by atoms with Crippen molar-refractivity contribution in [3.63, 3.8) is 0 Å². The molecule has 0 bridgehead atoms. The molecule has 21 heavy (non-hydrogen) atoms. The zero-order chi connectivity index (χ0) is 15.7. The first-order valence-electron chi connectivity index (χ1n) is 7.70. The molecule has 0 radical (unpaired) electrons. The smallest absolute Gasteiger partial charge is 0.0615 e. The van der Waals surface area contributed by atoms with Gasteiger partial charge >= 0.3 is 0 Å². The van der Waals surface area contributed by atoms with Crippen LogP contribution in [0.5, 0.6) is 0 Å². The van der Waals surface area contributed by atoms with Crippen LogP contribution >= 0.6 is 0 Å². The first-order valence-corrected chi connectivity index (χ1v) is 7.70. The topological polar surface area (TPSA) is 47.7 Å². The number of nitrogens with two attached hydrogens (primary N) is 1. The minimum Gasteiger partial charge on any atom is -0.383 e. The molecule has 0 saturated carbocycles. The van der Waals surface area contributed by atoms with Gasteiger partial charge in [0, 0.05) is 39.4 Å². The number of methoxy groups -OCH3 is 2. The number of hydrogen-bond acceptors (Lipinski definition) is 4. The van der Waals surface area contributed by atoms with Crippen molar-refractivity contribution in [3.8, 4) is 0 Å². The lowest BCUT2D eigenvalue weighted by atomic mass is 10.0. The van der Waals surface area contributed by atoms with Gasteiger partial charge in [0.1, 0.15) is 0 Å². The van der Waals surface area contributed by atoms with E-state index in [-0.39, 0.29) is 6.04 Å². The van der Waals surface area contributed by atoms with Crippen molar-refractivity contribution in [3.05, 3.63) is 35.4 Å². The molecule has 0 saturated heterocycles. The van der Waals surface area contributed by atoms with Crippen LogP contribution in [0.25, 0.3) is 0 Å². The number of aryl methyl sites for hydroxylation is 1. The molecule has 120 valence electrons. The van der Waals surface area contributed by atoms with Gasteiger partial charge in [-0.25, -0.2) is 0 Å². The maximum atomic E-state index is 6.06. The monoisotopic (exact) mass is 294 g/mol. The summed E-state index contributed by atoms with van der Waals surface area (Å²) >= 11 is 0. The Morgan fingerprint density at radius 3 is 2.29 bits per heavy atom. The summed E-state index contributed by atoms with van der Waals surface area (Å²) in [6, 6.07) is 9.24. The van der Waals surface area contributed by atoms with E-state index in [2.05, 4.69) is 43.0 Å². The molecule has 0 aliphatic carbocycles. The molecule has 4 nitrogen and oxygen atoms in total. The number of rotatable bonds is 10. The zero-order valence-corrected chi connectivity index (χ0v) is 13.8. The van der Waals surface area contributed by atoms with Gasteiger partial charge in [0.15, 0.2) is 0 Å². The average Bonchev–Trinajstić information content (AvgIpc) is 2.52. The van der Waals surface area contributed by atoms with E-state index in [1.165, 1.54) is 11.1 Å². The molecule has 0 fully saturated rings. The third kappa shape index (κ3) is 5.40. The Morgan fingerprint density at radius 2 is 1.81 bits per heavy atom. The van der Waals surface area contributed by atoms with Gasteiger partial charge in [0.05, 0.1) is 13.2 Å². The Balaban J connectivity index is 2.92. The number of ether oxygens (including phenoxy) is 2. The summed E-state index contributed by atoms with van der Waals surface area (Å²) in [7, 11) is 3.46. The fourth-order valence-electron chi connectivity index (χ4n) is 2.66. The van der Waals surface area contributed by atoms with Crippen LogP contribution in [0.3, 0.4) is 0 Å². The summed E-state index contributed by atoms with van der Waals surface area (Å²) in [5.74, 6) is 0. The normalized spacial score (nSPS) is 14.4. The van der Waals surface area contributed by atoms with Gasteiger partial charge in [0.2, 0.25) is 0 Å². The minimum atomic E-state index is 0.191. The third-order valence-electron chi connectivity index (χ3n) is 3.92. The van der Waals surface area contributed by atoms with Crippen LogP contribution in [0.15, 0.2) is 24.3 Å². The maximum Gasteiger partial charge on any atom is 0.0615 e. The van der Waals surface area contributed by atoms with Crippen molar-refractivity contribution in [1.82, 2.24) is 4.90 Å². The van der Waals surface area contributed by atoms with E-state index in [0.29, 0.717) is 25.8 Å². The molecule has 2 N–H and O–H groups in total. The van der Waals surface area contributed by atoms with Crippen LogP contribution in [-0.4, -0.2) is 51.5 Å². The number of benzene rings is 1. The van der Waals surface area contributed by atoms with Crippen LogP contribution in [0.4, 0.5) is 0 Å². The Bertz CT molecular complexity index is 381. The molecule has 1 rings (SSSR count). The van der Waals surface area contributed by atoms with Crippen molar-refractivity contribution in [2.45, 2.75) is 32.4 Å². The molecule has 0 aromatic heterocycles. The SMILES string of the molecule is CCc1ccc(C(CN)N(CCOC)C(C)COC)cc1. The average molecular weight is 294 g/mol. The van der Waals surface area contributed by atoms with Crippen molar-refractivity contribution >= 4 is 0 Å². The van der Waals surface area contributed by atoms with Gasteiger partial charge in [0.25, 0.3) is 0 Å². The van der Waals surface area contributed by atoms with E-state index in [1.807, 2.05) is 0 Å². The highest BCUT2D eigenvalue weighted by molar-refractivity contribution is 5.25. The van der Waals surface area contributed by atoms with Crippen molar-refractivity contribution in [1.29, 1.82) is 0 Å². The predicted molar refractivity (Wildman–Crippen MR) is 87.5 cm³/mol. The predicted octanol–water partition coefficient (Wildman–Crippen LogP) is 2.23. The second-order valence-corrected chi connectivity index (χ2v) is 5.38. The molecule has 2 atom stereocenters. The van der Waals surface area contributed by atoms with Gasteiger partial charge < -0.3 is 15.2 Å². The van der Waals surface area contributed by atoms with E-state index in [9.17, 15) is 0 Å². The highest BCUT2D eigenvalue weighted by atomic mass is 16.5. The fraction of sp³-hybridized carbons (Fsp3) is 0.647. The number of hydrogen-bond donors (Lipinski definition) is 1. The molecular formula is C17H30N2O2. The van der Waals surface area contributed by atoms with E-state index in [1.54, 1.807) is 14.2 Å². The minimum absolute atomic E-state index is 0.191. The molecule has 0 aliphatic rings. The van der Waals surface area contributed by atoms with E-state index < -0.39 is 0 Å². The van der Waals surface area contributed by atoms with Crippen LogP contribution in [0, 0.1) is 0 Å². The Kier molecular flexibility index (Phi) is 8.54. The number of nitrogens with zero attached hydrogens (tertiary/aromatic N) is 1. The van der Waals surface area contributed by atoms with Crippen molar-refractivity contribution in [2.24, 2.45) is 5.73 Å². The summed E-state index contributed by atoms with van der Waals surface area (Å²) in [6.45, 7) is 7.15. The van der Waals surface area contributed by atoms with Gasteiger partial charge in [-0.1, -0.05) is 31.2 Å². The molecule has 2 unspecified atom stereocenters. The molecule has 1 aromatic rings. The quantitative estimate of drug-likeness (QED) is 0.719. The van der Waals surface area contributed by atoms with Crippen LogP contribution in [-0.2, 0) is 15.9 Å². The Labute approximate surface area is 129 Å². The Morgan fingerprint density at radius 1 is 1.14 bits per heavy atom. The molecule has 4 heteroatoms. The highest BCUT2D eigenvalue weighted by Gasteiger charge is 2.23. The summed E-state index contributed by atoms with van der Waals surface area (Å²) in [6.07, 6.45) is 1.06. The Hall–Kier alpha value is -0.940. The highest BCUT2D eigenvalue weighted by Crippen LogP contribution is 2.22. The second-order valence-electron chi connectivity index (χ2n) is 5.38. The van der Waals surface area contributed by atoms with Crippen molar-refractivity contribution in [2.75, 3.05) is 40.5 Å². The third-order valence-corrected chi connectivity index (χ3v) is 3.92. The summed E-state index contributed by atoms with van der Waals surface area (Å²) in [4.78, 5) is 2.37. The molecule has 0 spiro atoms. The van der Waals surface area contributed by atoms with Gasteiger partial charge in [-0.05, 0) is 24.5 Å². The molecule has 1 aromatic carbocycles. The van der Waals surface area contributed by atoms with Crippen LogP contribution in [0.1, 0.15) is 31.0 Å². The summed E-state index contributed by atoms with van der Waals surface area (Å²) in [5.41, 5.74) is 8.67. The van der Waals surface area contributed by atoms with E-state index >= 15 is 0 Å². The summed E-state index contributed by atoms with van der Waals surface area (Å²) < 4.78 is 10.6. The zero-order valence-electron chi connectivity index (χ0n) is 13.8. The second kappa shape index (κ2) is 9.90. The van der Waals surface area contributed by atoms with Crippen molar-refractivity contribution < 1.29 is 9.47 Å². The largest absolute Gasteiger partial charge is 0.383 e. The fourth-order valence-corrected chi connectivity index (χ4v) is 2.66. The van der Waals surface area contributed by atoms with Crippen LogP contribution < -0.4 is 5.73 Å². The molecule has 0 aliphatic heterocycles. The first kappa shape index (κ1) is 18.1. The van der Waals surface area contributed by atoms with E-state index in [0.717, 1.165) is 13.0 Å². The lowest BCUT2D eigenvalue weighted by molar-refractivity contribution is 0.0487. The molecule has 0 heterocycles. The lowest BCUT2D eigenvalue weighted by Gasteiger charge is -2.36. The van der Waals surface area contributed by atoms with E-state index in [4.69, 9.17) is 15.2 Å². The van der Waals surface area contributed by atoms with Gasteiger partial charge in [-0.2, -0.15) is 0 Å². The molecule has 0 amide bonds.